The van der Waals surface area contributed by atoms with E-state index >= 15 is 0 Å². The van der Waals surface area contributed by atoms with Crippen LogP contribution in [0.4, 0.5) is 5.69 Å². The van der Waals surface area contributed by atoms with Crippen LogP contribution in [0.5, 0.6) is 0 Å². The van der Waals surface area contributed by atoms with E-state index in [1.807, 2.05) is 62.4 Å². The minimum Gasteiger partial charge on any atom is -0.321 e. The number of nitrogens with zero attached hydrogens (tertiary/aromatic N) is 1. The van der Waals surface area contributed by atoms with Crippen molar-refractivity contribution in [3.8, 4) is 6.07 Å². The van der Waals surface area contributed by atoms with Crippen molar-refractivity contribution in [2.24, 2.45) is 0 Å². The Balaban J connectivity index is 2.22. The molecule has 0 radical (unpaired) electrons. The second kappa shape index (κ2) is 7.61. The minimum absolute atomic E-state index is 0.0909. The summed E-state index contributed by atoms with van der Waals surface area (Å²) in [6.45, 7) is 8.15. The van der Waals surface area contributed by atoms with Crippen molar-refractivity contribution >= 4 is 17.7 Å². The first-order valence-corrected chi connectivity index (χ1v) is 8.01. The van der Waals surface area contributed by atoms with Gasteiger partial charge in [-0.2, -0.15) is 5.26 Å². The van der Waals surface area contributed by atoms with Crippen LogP contribution in [0.25, 0.3) is 6.08 Å². The van der Waals surface area contributed by atoms with E-state index in [2.05, 4.69) is 19.2 Å². The van der Waals surface area contributed by atoms with Crippen LogP contribution in [-0.4, -0.2) is 5.91 Å². The van der Waals surface area contributed by atoms with Crippen LogP contribution in [0.1, 0.15) is 42.0 Å². The van der Waals surface area contributed by atoms with Gasteiger partial charge in [0.1, 0.15) is 11.6 Å². The molecule has 0 spiro atoms. The lowest BCUT2D eigenvalue weighted by Gasteiger charge is -2.09. The zero-order valence-electron chi connectivity index (χ0n) is 14.6. The van der Waals surface area contributed by atoms with Gasteiger partial charge in [-0.05, 0) is 54.2 Å². The number of benzene rings is 2. The van der Waals surface area contributed by atoms with E-state index in [0.717, 1.165) is 22.4 Å². The molecule has 0 unspecified atom stereocenters. The monoisotopic (exact) mass is 318 g/mol. The molecular formula is C21H22N2O. The third-order valence-corrected chi connectivity index (χ3v) is 3.92. The SMILES string of the molecule is Cc1ccc(C)c(NC(=O)/C(C#N)=C/c2ccc(C(C)C)cc2)c1. The summed E-state index contributed by atoms with van der Waals surface area (Å²) in [7, 11) is 0. The normalized spacial score (nSPS) is 11.2. The van der Waals surface area contributed by atoms with E-state index in [9.17, 15) is 10.1 Å². The molecule has 1 amide bonds. The number of carbonyl (C=O) groups excluding carboxylic acids is 1. The topological polar surface area (TPSA) is 52.9 Å². The summed E-state index contributed by atoms with van der Waals surface area (Å²) in [6, 6.07) is 15.7. The van der Waals surface area contributed by atoms with Gasteiger partial charge in [0.05, 0.1) is 0 Å². The molecule has 0 saturated carbocycles. The zero-order valence-corrected chi connectivity index (χ0v) is 14.6. The van der Waals surface area contributed by atoms with Crippen molar-refractivity contribution in [2.75, 3.05) is 5.32 Å². The van der Waals surface area contributed by atoms with Crippen LogP contribution in [0.15, 0.2) is 48.0 Å². The average Bonchev–Trinajstić information content (AvgIpc) is 2.56. The number of carbonyl (C=O) groups is 1. The first kappa shape index (κ1) is 17.5. The minimum atomic E-state index is -0.390. The largest absolute Gasteiger partial charge is 0.321 e. The van der Waals surface area contributed by atoms with Gasteiger partial charge in [0.2, 0.25) is 0 Å². The summed E-state index contributed by atoms with van der Waals surface area (Å²) in [5.41, 5.74) is 4.91. The molecule has 3 nitrogen and oxygen atoms in total. The molecule has 2 aromatic rings. The maximum Gasteiger partial charge on any atom is 0.266 e. The molecule has 0 aliphatic rings. The predicted molar refractivity (Wildman–Crippen MR) is 98.7 cm³/mol. The summed E-state index contributed by atoms with van der Waals surface area (Å²) in [6.07, 6.45) is 1.62. The molecule has 2 rings (SSSR count). The van der Waals surface area contributed by atoms with E-state index < -0.39 is 0 Å². The van der Waals surface area contributed by atoms with Gasteiger partial charge < -0.3 is 5.32 Å². The van der Waals surface area contributed by atoms with Gasteiger partial charge in [-0.3, -0.25) is 4.79 Å². The van der Waals surface area contributed by atoms with Crippen molar-refractivity contribution in [1.82, 2.24) is 0 Å². The van der Waals surface area contributed by atoms with Gasteiger partial charge in [-0.1, -0.05) is 50.2 Å². The number of anilines is 1. The van der Waals surface area contributed by atoms with Gasteiger partial charge in [0.25, 0.3) is 5.91 Å². The highest BCUT2D eigenvalue weighted by molar-refractivity contribution is 6.10. The van der Waals surface area contributed by atoms with Crippen LogP contribution in [-0.2, 0) is 4.79 Å². The highest BCUT2D eigenvalue weighted by atomic mass is 16.1. The van der Waals surface area contributed by atoms with Gasteiger partial charge in [0, 0.05) is 5.69 Å². The molecule has 0 heterocycles. The molecule has 1 N–H and O–H groups in total. The summed E-state index contributed by atoms with van der Waals surface area (Å²) in [5, 5.41) is 12.1. The molecule has 3 heteroatoms. The molecule has 0 fully saturated rings. The molecule has 2 aromatic carbocycles. The van der Waals surface area contributed by atoms with Gasteiger partial charge in [-0.25, -0.2) is 0 Å². The lowest BCUT2D eigenvalue weighted by molar-refractivity contribution is -0.112. The Labute approximate surface area is 143 Å². The second-order valence-corrected chi connectivity index (χ2v) is 6.26. The average molecular weight is 318 g/mol. The lowest BCUT2D eigenvalue weighted by Crippen LogP contribution is -2.14. The number of hydrogen-bond donors (Lipinski definition) is 1. The van der Waals surface area contributed by atoms with Crippen LogP contribution < -0.4 is 5.32 Å². The molecule has 0 atom stereocenters. The summed E-state index contributed by atoms with van der Waals surface area (Å²) < 4.78 is 0. The fourth-order valence-corrected chi connectivity index (χ4v) is 2.35. The second-order valence-electron chi connectivity index (χ2n) is 6.26. The van der Waals surface area contributed by atoms with Crippen molar-refractivity contribution in [1.29, 1.82) is 5.26 Å². The van der Waals surface area contributed by atoms with Crippen LogP contribution in [0, 0.1) is 25.2 Å². The van der Waals surface area contributed by atoms with Crippen molar-refractivity contribution in [3.05, 3.63) is 70.3 Å². The quantitative estimate of drug-likeness (QED) is 0.639. The van der Waals surface area contributed by atoms with Crippen molar-refractivity contribution in [3.63, 3.8) is 0 Å². The van der Waals surface area contributed by atoms with E-state index in [1.165, 1.54) is 5.56 Å². The molecular weight excluding hydrogens is 296 g/mol. The third kappa shape index (κ3) is 4.33. The maximum absolute atomic E-state index is 12.4. The van der Waals surface area contributed by atoms with Crippen LogP contribution in [0.3, 0.4) is 0 Å². The smallest absolute Gasteiger partial charge is 0.266 e. The third-order valence-electron chi connectivity index (χ3n) is 3.92. The Hall–Kier alpha value is -2.86. The van der Waals surface area contributed by atoms with Crippen molar-refractivity contribution < 1.29 is 4.79 Å². The van der Waals surface area contributed by atoms with Gasteiger partial charge >= 0.3 is 0 Å². The number of nitrogens with one attached hydrogen (secondary N) is 1. The Morgan fingerprint density at radius 1 is 1.12 bits per heavy atom. The van der Waals surface area contributed by atoms with Crippen LogP contribution >= 0.6 is 0 Å². The number of amides is 1. The van der Waals surface area contributed by atoms with Gasteiger partial charge in [-0.15, -0.1) is 0 Å². The predicted octanol–water partition coefficient (Wildman–Crippen LogP) is 4.97. The fraction of sp³-hybridized carbons (Fsp3) is 0.238. The highest BCUT2D eigenvalue weighted by Gasteiger charge is 2.11. The fourth-order valence-electron chi connectivity index (χ4n) is 2.35. The molecule has 0 saturated heterocycles. The first-order chi connectivity index (χ1) is 11.4. The molecule has 0 aromatic heterocycles. The molecule has 122 valence electrons. The maximum atomic E-state index is 12.4. The number of aryl methyl sites for hydroxylation is 2. The van der Waals surface area contributed by atoms with Crippen LogP contribution in [0.2, 0.25) is 0 Å². The summed E-state index contributed by atoms with van der Waals surface area (Å²) in [4.78, 5) is 12.4. The number of rotatable bonds is 4. The van der Waals surface area contributed by atoms with Crippen molar-refractivity contribution in [2.45, 2.75) is 33.6 Å². The Kier molecular flexibility index (Phi) is 5.55. The standard InChI is InChI=1S/C21H22N2O/c1-14(2)18-9-7-17(8-10-18)12-19(13-22)21(24)23-20-11-15(3)5-6-16(20)4/h5-12,14H,1-4H3,(H,23,24)/b19-12+. The first-order valence-electron chi connectivity index (χ1n) is 8.01. The molecule has 0 aliphatic heterocycles. The molecule has 24 heavy (non-hydrogen) atoms. The highest BCUT2D eigenvalue weighted by Crippen LogP contribution is 2.19. The molecule has 0 aliphatic carbocycles. The Morgan fingerprint density at radius 3 is 2.38 bits per heavy atom. The molecule has 0 bridgehead atoms. The lowest BCUT2D eigenvalue weighted by atomic mass is 10.0. The van der Waals surface area contributed by atoms with Gasteiger partial charge in [0.15, 0.2) is 0 Å². The Morgan fingerprint density at radius 2 is 1.79 bits per heavy atom. The number of hydrogen-bond acceptors (Lipinski definition) is 2. The number of nitriles is 1. The Bertz CT molecular complexity index is 809. The summed E-state index contributed by atoms with van der Waals surface area (Å²) in [5.74, 6) is 0.0604. The zero-order chi connectivity index (χ0) is 17.7. The van der Waals surface area contributed by atoms with E-state index in [-0.39, 0.29) is 11.5 Å². The van der Waals surface area contributed by atoms with E-state index in [1.54, 1.807) is 6.08 Å². The van der Waals surface area contributed by atoms with E-state index in [0.29, 0.717) is 5.92 Å². The summed E-state index contributed by atoms with van der Waals surface area (Å²) >= 11 is 0. The van der Waals surface area contributed by atoms with E-state index in [4.69, 9.17) is 0 Å².